The molecule has 2 aliphatic rings. The Labute approximate surface area is 159 Å². The van der Waals surface area contributed by atoms with Crippen LogP contribution in [0.4, 0.5) is 0 Å². The van der Waals surface area contributed by atoms with Crippen molar-refractivity contribution in [2.24, 2.45) is 0 Å². The summed E-state index contributed by atoms with van der Waals surface area (Å²) in [6, 6.07) is 11.8. The highest BCUT2D eigenvalue weighted by Crippen LogP contribution is 2.43. The minimum absolute atomic E-state index is 0.0431. The van der Waals surface area contributed by atoms with E-state index in [0.29, 0.717) is 25.2 Å². The number of aliphatic hydroxyl groups excluding tert-OH is 1. The van der Waals surface area contributed by atoms with Crippen LogP contribution in [0.5, 0.6) is 0 Å². The molecule has 3 heterocycles. The van der Waals surface area contributed by atoms with Gasteiger partial charge in [0.15, 0.2) is 0 Å². The van der Waals surface area contributed by atoms with Gasteiger partial charge in [-0.1, -0.05) is 30.3 Å². The van der Waals surface area contributed by atoms with E-state index in [1.165, 1.54) is 0 Å². The van der Waals surface area contributed by atoms with Crippen LogP contribution < -0.4 is 5.56 Å². The lowest BCUT2D eigenvalue weighted by Gasteiger charge is -2.48. The zero-order valence-corrected chi connectivity index (χ0v) is 15.7. The van der Waals surface area contributed by atoms with Gasteiger partial charge in [-0.25, -0.2) is 4.98 Å². The summed E-state index contributed by atoms with van der Waals surface area (Å²) < 4.78 is 6.55. The topological polar surface area (TPSA) is 78.5 Å². The van der Waals surface area contributed by atoms with Crippen molar-refractivity contribution in [2.45, 2.75) is 57.0 Å². The number of aryl methyl sites for hydroxylation is 1. The Balaban J connectivity index is 1.41. The number of aromatic amines is 1. The number of likely N-dealkylation sites (tertiary alicyclic amines) is 1. The lowest BCUT2D eigenvalue weighted by atomic mass is 9.81. The van der Waals surface area contributed by atoms with E-state index >= 15 is 0 Å². The van der Waals surface area contributed by atoms with Crippen molar-refractivity contribution in [3.05, 3.63) is 63.8 Å². The monoisotopic (exact) mass is 369 g/mol. The summed E-state index contributed by atoms with van der Waals surface area (Å²) in [7, 11) is 0. The SMILES string of the molecule is Cc1nc(CN2CCC3(CC2)C[C@@H](O)C[C@H](c2ccccc2)O3)cc(=O)[nH]1. The van der Waals surface area contributed by atoms with Gasteiger partial charge < -0.3 is 14.8 Å². The maximum atomic E-state index is 11.6. The molecule has 4 rings (SSSR count). The minimum atomic E-state index is -0.326. The van der Waals surface area contributed by atoms with E-state index in [1.807, 2.05) is 18.2 Å². The zero-order valence-electron chi connectivity index (χ0n) is 15.7. The van der Waals surface area contributed by atoms with Crippen LogP contribution in [0, 0.1) is 6.92 Å². The second kappa shape index (κ2) is 7.54. The average molecular weight is 369 g/mol. The van der Waals surface area contributed by atoms with E-state index in [2.05, 4.69) is 27.0 Å². The van der Waals surface area contributed by atoms with E-state index in [9.17, 15) is 9.90 Å². The Morgan fingerprint density at radius 2 is 2.04 bits per heavy atom. The number of H-pyrrole nitrogens is 1. The summed E-state index contributed by atoms with van der Waals surface area (Å²) in [6.07, 6.45) is 2.76. The summed E-state index contributed by atoms with van der Waals surface area (Å²) in [4.78, 5) is 21.1. The summed E-state index contributed by atoms with van der Waals surface area (Å²) in [5.41, 5.74) is 1.59. The molecule has 1 aromatic heterocycles. The molecule has 27 heavy (non-hydrogen) atoms. The van der Waals surface area contributed by atoms with E-state index in [0.717, 1.165) is 37.2 Å². The van der Waals surface area contributed by atoms with Gasteiger partial charge in [-0.2, -0.15) is 0 Å². The van der Waals surface area contributed by atoms with Gasteiger partial charge in [0.05, 0.1) is 23.5 Å². The average Bonchev–Trinajstić information content (AvgIpc) is 2.63. The van der Waals surface area contributed by atoms with Gasteiger partial charge >= 0.3 is 0 Å². The van der Waals surface area contributed by atoms with Crippen LogP contribution in [-0.4, -0.2) is 44.8 Å². The highest BCUT2D eigenvalue weighted by atomic mass is 16.5. The van der Waals surface area contributed by atoms with Gasteiger partial charge in [0.25, 0.3) is 5.56 Å². The van der Waals surface area contributed by atoms with Crippen LogP contribution in [0.1, 0.15) is 48.9 Å². The number of nitrogens with one attached hydrogen (secondary N) is 1. The first-order valence-corrected chi connectivity index (χ1v) is 9.71. The third-order valence-corrected chi connectivity index (χ3v) is 5.72. The molecule has 0 saturated carbocycles. The summed E-state index contributed by atoms with van der Waals surface area (Å²) >= 11 is 0. The molecule has 2 aliphatic heterocycles. The largest absolute Gasteiger partial charge is 0.393 e. The summed E-state index contributed by atoms with van der Waals surface area (Å²) in [5, 5.41) is 10.5. The number of aromatic nitrogens is 2. The zero-order chi connectivity index (χ0) is 18.9. The van der Waals surface area contributed by atoms with Gasteiger partial charge in [0.1, 0.15) is 5.82 Å². The third-order valence-electron chi connectivity index (χ3n) is 5.72. The number of rotatable bonds is 3. The number of hydrogen-bond acceptors (Lipinski definition) is 5. The first-order chi connectivity index (χ1) is 13.0. The van der Waals surface area contributed by atoms with Crippen LogP contribution in [-0.2, 0) is 11.3 Å². The van der Waals surface area contributed by atoms with Crippen molar-refractivity contribution < 1.29 is 9.84 Å². The molecule has 144 valence electrons. The molecule has 6 nitrogen and oxygen atoms in total. The van der Waals surface area contributed by atoms with Crippen molar-refractivity contribution in [3.63, 3.8) is 0 Å². The van der Waals surface area contributed by atoms with Crippen LogP contribution >= 0.6 is 0 Å². The Morgan fingerprint density at radius 1 is 1.30 bits per heavy atom. The van der Waals surface area contributed by atoms with E-state index in [-0.39, 0.29) is 23.4 Å². The van der Waals surface area contributed by atoms with Crippen LogP contribution in [0.25, 0.3) is 0 Å². The van der Waals surface area contributed by atoms with Crippen molar-refractivity contribution >= 4 is 0 Å². The van der Waals surface area contributed by atoms with Crippen molar-refractivity contribution in [1.82, 2.24) is 14.9 Å². The van der Waals surface area contributed by atoms with Crippen molar-refractivity contribution in [3.8, 4) is 0 Å². The fourth-order valence-electron chi connectivity index (χ4n) is 4.42. The maximum absolute atomic E-state index is 11.6. The first kappa shape index (κ1) is 18.3. The van der Waals surface area contributed by atoms with Crippen molar-refractivity contribution in [1.29, 1.82) is 0 Å². The highest BCUT2D eigenvalue weighted by Gasteiger charge is 2.43. The molecular formula is C21H27N3O3. The standard InChI is InChI=1S/C21H27N3O3/c1-15-22-17(11-20(26)23-15)14-24-9-7-21(8-10-24)13-18(25)12-19(27-21)16-5-3-2-4-6-16/h2-6,11,18-19,25H,7-10,12-14H2,1H3,(H,22,23,26)/t18-,19+/m0/s1. The molecule has 1 aromatic carbocycles. The van der Waals surface area contributed by atoms with Crippen molar-refractivity contribution in [2.75, 3.05) is 13.1 Å². The number of benzene rings is 1. The smallest absolute Gasteiger partial charge is 0.251 e. The quantitative estimate of drug-likeness (QED) is 0.868. The maximum Gasteiger partial charge on any atom is 0.251 e. The predicted molar refractivity (Wildman–Crippen MR) is 102 cm³/mol. The number of ether oxygens (including phenoxy) is 1. The minimum Gasteiger partial charge on any atom is -0.393 e. The molecule has 0 radical (unpaired) electrons. The molecule has 2 fully saturated rings. The fraction of sp³-hybridized carbons (Fsp3) is 0.524. The summed E-state index contributed by atoms with van der Waals surface area (Å²) in [6.45, 7) is 4.23. The normalized spacial score (nSPS) is 25.6. The third kappa shape index (κ3) is 4.29. The lowest BCUT2D eigenvalue weighted by molar-refractivity contribution is -0.184. The van der Waals surface area contributed by atoms with Gasteiger partial charge in [-0.15, -0.1) is 0 Å². The number of nitrogens with zero attached hydrogens (tertiary/aromatic N) is 2. The first-order valence-electron chi connectivity index (χ1n) is 9.71. The van der Waals surface area contributed by atoms with Gasteiger partial charge in [0.2, 0.25) is 0 Å². The molecule has 0 unspecified atom stereocenters. The van der Waals surface area contributed by atoms with Crippen LogP contribution in [0.3, 0.4) is 0 Å². The Kier molecular flexibility index (Phi) is 5.12. The number of hydrogen-bond donors (Lipinski definition) is 2. The second-order valence-electron chi connectivity index (χ2n) is 7.89. The Hall–Kier alpha value is -2.02. The van der Waals surface area contributed by atoms with Gasteiger partial charge in [-0.05, 0) is 25.3 Å². The Bertz CT molecular complexity index is 828. The van der Waals surface area contributed by atoms with Crippen LogP contribution in [0.2, 0.25) is 0 Å². The molecule has 6 heteroatoms. The molecule has 2 aromatic rings. The van der Waals surface area contributed by atoms with E-state index in [1.54, 1.807) is 13.0 Å². The molecule has 2 saturated heterocycles. The molecular weight excluding hydrogens is 342 g/mol. The molecule has 0 aliphatic carbocycles. The predicted octanol–water partition coefficient (Wildman–Crippen LogP) is 2.33. The molecule has 2 atom stereocenters. The lowest BCUT2D eigenvalue weighted by Crippen LogP contribution is -2.50. The molecule has 1 spiro atoms. The molecule has 0 amide bonds. The number of piperidine rings is 1. The fourth-order valence-corrected chi connectivity index (χ4v) is 4.42. The van der Waals surface area contributed by atoms with Gasteiger partial charge in [0, 0.05) is 38.5 Å². The number of aliphatic hydroxyl groups is 1. The summed E-state index contributed by atoms with van der Waals surface area (Å²) in [5.74, 6) is 0.649. The molecule has 2 N–H and O–H groups in total. The van der Waals surface area contributed by atoms with Crippen LogP contribution in [0.15, 0.2) is 41.2 Å². The van der Waals surface area contributed by atoms with E-state index < -0.39 is 0 Å². The Morgan fingerprint density at radius 3 is 2.74 bits per heavy atom. The second-order valence-corrected chi connectivity index (χ2v) is 7.89. The highest BCUT2D eigenvalue weighted by molar-refractivity contribution is 5.19. The van der Waals surface area contributed by atoms with Gasteiger partial charge in [-0.3, -0.25) is 9.69 Å². The van der Waals surface area contributed by atoms with E-state index in [4.69, 9.17) is 4.74 Å². The molecule has 0 bridgehead atoms.